The SMILES string of the molecule is N#Cc1ccc(CCCC(=O)[C@@H]2CCCN2c2cc(N3CCC(CCCC(=O)NCCOCCOCCN=C(N)N)CC3)nc(C(F)(F)F)n2)cc1. The second kappa shape index (κ2) is 20.5. The number of ether oxygens (including phenoxy) is 2. The monoisotopic (exact) mass is 729 g/mol. The number of rotatable bonds is 20. The summed E-state index contributed by atoms with van der Waals surface area (Å²) in [6.07, 6.45) is 1.58. The minimum atomic E-state index is -4.74. The number of ketones is 1. The predicted molar refractivity (Wildman–Crippen MR) is 191 cm³/mol. The number of hydrogen-bond acceptors (Lipinski definition) is 10. The van der Waals surface area contributed by atoms with Gasteiger partial charge < -0.3 is 36.1 Å². The van der Waals surface area contributed by atoms with Crippen LogP contribution in [0.1, 0.15) is 74.7 Å². The summed E-state index contributed by atoms with van der Waals surface area (Å²) in [4.78, 5) is 40.8. The van der Waals surface area contributed by atoms with Gasteiger partial charge in [-0.05, 0) is 75.0 Å². The summed E-state index contributed by atoms with van der Waals surface area (Å²) in [6.45, 7) is 3.87. The Hall–Kier alpha value is -4.49. The Morgan fingerprint density at radius 1 is 0.962 bits per heavy atom. The van der Waals surface area contributed by atoms with Gasteiger partial charge in [0.25, 0.3) is 0 Å². The number of aromatic nitrogens is 2. The lowest BCUT2D eigenvalue weighted by atomic mass is 9.91. The van der Waals surface area contributed by atoms with Gasteiger partial charge in [-0.2, -0.15) is 18.4 Å². The predicted octanol–water partition coefficient (Wildman–Crippen LogP) is 3.74. The Balaban J connectivity index is 1.20. The number of hydrogen-bond donors (Lipinski definition) is 3. The topological polar surface area (TPSA) is 185 Å². The molecule has 1 amide bonds. The van der Waals surface area contributed by atoms with Gasteiger partial charge in [-0.1, -0.05) is 12.1 Å². The fourth-order valence-corrected chi connectivity index (χ4v) is 6.53. The highest BCUT2D eigenvalue weighted by Crippen LogP contribution is 2.34. The van der Waals surface area contributed by atoms with E-state index in [0.717, 1.165) is 24.8 Å². The Labute approximate surface area is 302 Å². The molecule has 52 heavy (non-hydrogen) atoms. The molecule has 1 atom stereocenters. The molecule has 16 heteroatoms. The van der Waals surface area contributed by atoms with Crippen LogP contribution in [0, 0.1) is 17.2 Å². The van der Waals surface area contributed by atoms with E-state index in [1.165, 1.54) is 0 Å². The van der Waals surface area contributed by atoms with Crippen LogP contribution in [0.5, 0.6) is 0 Å². The number of piperidine rings is 1. The van der Waals surface area contributed by atoms with Crippen LogP contribution in [0.2, 0.25) is 0 Å². The normalized spacial score (nSPS) is 16.5. The van der Waals surface area contributed by atoms with Crippen LogP contribution in [-0.2, 0) is 31.7 Å². The average Bonchev–Trinajstić information content (AvgIpc) is 3.63. The molecule has 2 fully saturated rings. The third kappa shape index (κ3) is 13.2. The highest BCUT2D eigenvalue weighted by atomic mass is 19.4. The van der Waals surface area contributed by atoms with E-state index in [2.05, 4.69) is 26.3 Å². The lowest BCUT2D eigenvalue weighted by molar-refractivity contribution is -0.144. The summed E-state index contributed by atoms with van der Waals surface area (Å²) in [7, 11) is 0. The second-order valence-electron chi connectivity index (χ2n) is 13.1. The van der Waals surface area contributed by atoms with Gasteiger partial charge in [0.05, 0.1) is 50.6 Å². The third-order valence-corrected chi connectivity index (χ3v) is 9.27. The number of Topliss-reactive ketones (excluding diaryl/α,β-unsaturated/α-hetero) is 1. The van der Waals surface area contributed by atoms with Crippen molar-refractivity contribution in [2.45, 2.75) is 76.4 Å². The molecule has 0 radical (unpaired) electrons. The summed E-state index contributed by atoms with van der Waals surface area (Å²) >= 11 is 0. The number of amides is 1. The molecule has 2 aliphatic heterocycles. The molecule has 0 saturated carbocycles. The smallest absolute Gasteiger partial charge is 0.377 e. The fraction of sp³-hybridized carbons (Fsp3) is 0.611. The van der Waals surface area contributed by atoms with E-state index >= 15 is 0 Å². The molecule has 0 spiro atoms. The zero-order valence-corrected chi connectivity index (χ0v) is 29.6. The van der Waals surface area contributed by atoms with E-state index in [9.17, 15) is 22.8 Å². The van der Waals surface area contributed by atoms with E-state index in [1.54, 1.807) is 23.1 Å². The number of nitrogens with zero attached hydrogens (tertiary/aromatic N) is 6. The number of anilines is 2. The second-order valence-corrected chi connectivity index (χ2v) is 13.1. The first-order valence-electron chi connectivity index (χ1n) is 18.0. The Bertz CT molecular complexity index is 1510. The molecular formula is C36H50F3N9O4. The summed E-state index contributed by atoms with van der Waals surface area (Å²) in [5.41, 5.74) is 12.1. The number of guanidine groups is 1. The van der Waals surface area contributed by atoms with Crippen molar-refractivity contribution in [2.75, 3.05) is 69.0 Å². The van der Waals surface area contributed by atoms with Crippen LogP contribution < -0.4 is 26.6 Å². The number of benzene rings is 1. The van der Waals surface area contributed by atoms with Crippen molar-refractivity contribution in [1.82, 2.24) is 15.3 Å². The van der Waals surface area contributed by atoms with Crippen molar-refractivity contribution < 1.29 is 32.2 Å². The Morgan fingerprint density at radius 2 is 1.67 bits per heavy atom. The molecule has 1 aromatic heterocycles. The number of carbonyl (C=O) groups excluding carboxylic acids is 2. The largest absolute Gasteiger partial charge is 0.451 e. The molecule has 0 aliphatic carbocycles. The zero-order chi connectivity index (χ0) is 37.3. The van der Waals surface area contributed by atoms with Crippen molar-refractivity contribution in [2.24, 2.45) is 22.4 Å². The maximum atomic E-state index is 14.0. The first-order valence-corrected chi connectivity index (χ1v) is 18.0. The summed E-state index contributed by atoms with van der Waals surface area (Å²) in [5.74, 6) is -0.541. The standard InChI is InChI=1S/C36H50F3N9O4/c37-36(38,39)34-45-31(24-32(46-34)48-17-3-6-29(48)30(49)7-1-4-26-9-11-28(25-40)12-10-26)47-18-13-27(14-19-47)5-2-8-33(50)43-15-20-51-22-23-52-21-16-44-35(41)42/h9-12,24,27,29H,1-8,13-23H2,(H,43,50)(H4,41,42,44)/t29-/m0/s1. The first-order chi connectivity index (χ1) is 25.0. The van der Waals surface area contributed by atoms with Gasteiger partial charge in [0.15, 0.2) is 11.7 Å². The molecule has 13 nitrogen and oxygen atoms in total. The lowest BCUT2D eigenvalue weighted by Gasteiger charge is -2.34. The minimum absolute atomic E-state index is 0.0127. The number of alkyl halides is 3. The summed E-state index contributed by atoms with van der Waals surface area (Å²) in [5, 5.41) is 11.8. The molecule has 2 aromatic rings. The molecule has 2 aliphatic rings. The molecular weight excluding hydrogens is 679 g/mol. The lowest BCUT2D eigenvalue weighted by Crippen LogP contribution is -2.38. The van der Waals surface area contributed by atoms with Crippen molar-refractivity contribution >= 4 is 29.3 Å². The third-order valence-electron chi connectivity index (χ3n) is 9.27. The maximum Gasteiger partial charge on any atom is 0.451 e. The van der Waals surface area contributed by atoms with Crippen molar-refractivity contribution in [3.8, 4) is 6.07 Å². The number of nitrogens with two attached hydrogens (primary N) is 2. The molecule has 0 bridgehead atoms. The van der Waals surface area contributed by atoms with Crippen LogP contribution in [0.4, 0.5) is 24.8 Å². The number of nitriles is 1. The van der Waals surface area contributed by atoms with Gasteiger partial charge in [-0.3, -0.25) is 14.6 Å². The van der Waals surface area contributed by atoms with E-state index in [-0.39, 0.29) is 29.3 Å². The first kappa shape index (κ1) is 40.3. The average molecular weight is 730 g/mol. The van der Waals surface area contributed by atoms with Crippen LogP contribution >= 0.6 is 0 Å². The molecule has 2 saturated heterocycles. The van der Waals surface area contributed by atoms with Crippen LogP contribution in [0.25, 0.3) is 0 Å². The van der Waals surface area contributed by atoms with Crippen LogP contribution in [-0.4, -0.2) is 92.8 Å². The van der Waals surface area contributed by atoms with Crippen LogP contribution in [0.15, 0.2) is 35.3 Å². The molecule has 3 heterocycles. The minimum Gasteiger partial charge on any atom is -0.377 e. The number of carbonyl (C=O) groups is 2. The van der Waals surface area contributed by atoms with Crippen molar-refractivity contribution in [3.05, 3.63) is 47.3 Å². The molecule has 4 rings (SSSR count). The highest BCUT2D eigenvalue weighted by Gasteiger charge is 2.38. The number of halogens is 3. The molecule has 1 aromatic carbocycles. The quantitative estimate of drug-likeness (QED) is 0.103. The molecule has 284 valence electrons. The van der Waals surface area contributed by atoms with Crippen LogP contribution in [0.3, 0.4) is 0 Å². The number of aliphatic imine (C=N–C) groups is 1. The van der Waals surface area contributed by atoms with Gasteiger partial charge in [0.1, 0.15) is 11.6 Å². The Kier molecular flexibility index (Phi) is 15.9. The van der Waals surface area contributed by atoms with Crippen molar-refractivity contribution in [3.63, 3.8) is 0 Å². The number of aryl methyl sites for hydroxylation is 1. The van der Waals surface area contributed by atoms with Gasteiger partial charge in [-0.25, -0.2) is 9.97 Å². The summed E-state index contributed by atoms with van der Waals surface area (Å²) < 4.78 is 52.8. The highest BCUT2D eigenvalue weighted by molar-refractivity contribution is 5.87. The molecule has 5 N–H and O–H groups in total. The van der Waals surface area contributed by atoms with Gasteiger partial charge in [0.2, 0.25) is 11.7 Å². The number of nitrogens with one attached hydrogen (secondary N) is 1. The van der Waals surface area contributed by atoms with E-state index < -0.39 is 18.0 Å². The van der Waals surface area contributed by atoms with Gasteiger partial charge in [0, 0.05) is 45.1 Å². The van der Waals surface area contributed by atoms with E-state index in [4.69, 9.17) is 26.2 Å². The van der Waals surface area contributed by atoms with E-state index in [1.807, 2.05) is 17.0 Å². The van der Waals surface area contributed by atoms with Gasteiger partial charge in [-0.15, -0.1) is 0 Å². The zero-order valence-electron chi connectivity index (χ0n) is 29.6. The Morgan fingerprint density at radius 3 is 2.37 bits per heavy atom. The summed E-state index contributed by atoms with van der Waals surface area (Å²) in [6, 6.07) is 10.4. The maximum absolute atomic E-state index is 14.0. The van der Waals surface area contributed by atoms with Gasteiger partial charge >= 0.3 is 6.18 Å². The fourth-order valence-electron chi connectivity index (χ4n) is 6.53. The van der Waals surface area contributed by atoms with Crippen molar-refractivity contribution in [1.29, 1.82) is 5.26 Å². The molecule has 0 unspecified atom stereocenters. The van der Waals surface area contributed by atoms with E-state index in [0.29, 0.717) is 116 Å².